The molecule has 0 aliphatic rings. The quantitative estimate of drug-likeness (QED) is 0.120. The third-order valence-electron chi connectivity index (χ3n) is 9.51. The first-order chi connectivity index (χ1) is 23.4. The van der Waals surface area contributed by atoms with Crippen molar-refractivity contribution in [3.8, 4) is 34.1 Å². The Kier molecular flexibility index (Phi) is 9.66. The van der Waals surface area contributed by atoms with Gasteiger partial charge in [0, 0.05) is 34.5 Å². The third kappa shape index (κ3) is 6.32. The normalized spacial score (nSPS) is 11.9. The summed E-state index contributed by atoms with van der Waals surface area (Å²) in [5, 5.41) is 7.30. The molecule has 0 saturated heterocycles. The van der Waals surface area contributed by atoms with Crippen molar-refractivity contribution in [1.29, 1.82) is 0 Å². The maximum Gasteiger partial charge on any atom is 2.00 e. The molecule has 7 rings (SSSR count). The molecule has 50 heavy (non-hydrogen) atoms. The number of aromatic nitrogens is 4. The number of rotatable bonds is 7. The number of nitrogens with zero attached hydrogens (tertiary/aromatic N) is 4. The van der Waals surface area contributed by atoms with E-state index in [1.54, 1.807) is 0 Å². The van der Waals surface area contributed by atoms with Gasteiger partial charge in [0.1, 0.15) is 5.82 Å². The molecule has 256 valence electrons. The number of fused-ring (bicyclic) bond motifs is 3. The van der Waals surface area contributed by atoms with E-state index in [1.165, 1.54) is 27.8 Å². The monoisotopic (exact) mass is 750 g/mol. The van der Waals surface area contributed by atoms with Gasteiger partial charge in [-0.1, -0.05) is 90.4 Å². The number of aryl methyl sites for hydroxylation is 1. The summed E-state index contributed by atoms with van der Waals surface area (Å²) in [4.78, 5) is 4.81. The van der Waals surface area contributed by atoms with Gasteiger partial charge >= 0.3 is 20.4 Å². The van der Waals surface area contributed by atoms with E-state index in [0.29, 0.717) is 23.3 Å². The number of pyridine rings is 1. The summed E-state index contributed by atoms with van der Waals surface area (Å²) in [5.41, 5.74) is 11.3. The maximum atomic E-state index is 6.49. The van der Waals surface area contributed by atoms with Crippen LogP contribution in [0.4, 0.5) is 0 Å². The zero-order valence-electron chi connectivity index (χ0n) is 30.3. The maximum absolute atomic E-state index is 6.49. The van der Waals surface area contributed by atoms with Gasteiger partial charge < -0.3 is 9.30 Å². The molecule has 3 aromatic heterocycles. The fourth-order valence-electron chi connectivity index (χ4n) is 7.00. The molecule has 3 heterocycles. The minimum absolute atomic E-state index is 0. The minimum Gasteiger partial charge on any atom is -0.509 e. The van der Waals surface area contributed by atoms with Gasteiger partial charge in [-0.25, -0.2) is 4.98 Å². The fourth-order valence-corrected chi connectivity index (χ4v) is 7.00. The van der Waals surface area contributed by atoms with Crippen LogP contribution in [0.2, 0.25) is 0 Å². The summed E-state index contributed by atoms with van der Waals surface area (Å²) in [6.07, 6.45) is 1.90. The van der Waals surface area contributed by atoms with Crippen LogP contribution in [0, 0.1) is 26.0 Å². The summed E-state index contributed by atoms with van der Waals surface area (Å²) in [7, 11) is 0. The average molecular weight is 751 g/mol. The van der Waals surface area contributed by atoms with E-state index in [2.05, 4.69) is 140 Å². The Morgan fingerprint density at radius 3 is 2.10 bits per heavy atom. The first-order valence-corrected chi connectivity index (χ1v) is 17.2. The smallest absolute Gasteiger partial charge is 0.509 e. The van der Waals surface area contributed by atoms with E-state index in [1.807, 2.05) is 35.1 Å². The number of ether oxygens (including phenoxy) is 1. The number of para-hydroxylation sites is 1. The Balaban J connectivity index is 0.00000432. The molecule has 0 atom stereocenters. The molecule has 5 nitrogen and oxygen atoms in total. The van der Waals surface area contributed by atoms with Crippen molar-refractivity contribution < 1.29 is 25.2 Å². The molecule has 0 N–H and O–H groups in total. The topological polar surface area (TPSA) is 44.9 Å². The zero-order chi connectivity index (χ0) is 34.6. The van der Waals surface area contributed by atoms with Crippen LogP contribution < -0.4 is 4.74 Å². The van der Waals surface area contributed by atoms with Crippen LogP contribution in [-0.2, 0) is 25.8 Å². The van der Waals surface area contributed by atoms with Gasteiger partial charge in [0.2, 0.25) is 0 Å². The van der Waals surface area contributed by atoms with E-state index in [9.17, 15) is 0 Å². The summed E-state index contributed by atoms with van der Waals surface area (Å²) < 4.78 is 10.7. The van der Waals surface area contributed by atoms with Crippen LogP contribution in [0.3, 0.4) is 0 Å². The molecular weight excluding hydrogens is 707 g/mol. The van der Waals surface area contributed by atoms with Gasteiger partial charge in [-0.3, -0.25) is 4.68 Å². The summed E-state index contributed by atoms with van der Waals surface area (Å²) >= 11 is 0. The van der Waals surface area contributed by atoms with Gasteiger partial charge in [-0.2, -0.15) is 17.2 Å². The van der Waals surface area contributed by atoms with E-state index in [0.717, 1.165) is 44.7 Å². The predicted octanol–water partition coefficient (Wildman–Crippen LogP) is 11.6. The van der Waals surface area contributed by atoms with Crippen LogP contribution in [0.1, 0.15) is 88.4 Å². The molecule has 0 radical (unpaired) electrons. The van der Waals surface area contributed by atoms with Crippen LogP contribution in [0.5, 0.6) is 11.5 Å². The average Bonchev–Trinajstić information content (AvgIpc) is 3.56. The Morgan fingerprint density at radius 1 is 0.720 bits per heavy atom. The van der Waals surface area contributed by atoms with Gasteiger partial charge in [0.25, 0.3) is 0 Å². The Labute approximate surface area is 310 Å². The molecule has 0 aliphatic heterocycles. The van der Waals surface area contributed by atoms with Crippen LogP contribution >= 0.6 is 0 Å². The Bertz CT molecular complexity index is 2310. The van der Waals surface area contributed by atoms with Crippen molar-refractivity contribution in [3.63, 3.8) is 0 Å². The second kappa shape index (κ2) is 13.7. The van der Waals surface area contributed by atoms with E-state index >= 15 is 0 Å². The van der Waals surface area contributed by atoms with Gasteiger partial charge in [0.05, 0.1) is 5.69 Å². The SMILES string of the molecule is Cc1nn(-c2[c-]c(Oc3[c-]c4c(cc3)c3ccccc3n4-c3cc(C(C)(C)C)ccn3)ccc2)c(C)c1-c1c(C(C)C)cccc1C(C)C.[Pd+2]. The summed E-state index contributed by atoms with van der Waals surface area (Å²) in [6, 6.07) is 36.6. The van der Waals surface area contributed by atoms with Crippen molar-refractivity contribution in [1.82, 2.24) is 19.3 Å². The molecule has 0 fully saturated rings. The van der Waals surface area contributed by atoms with E-state index in [-0.39, 0.29) is 25.8 Å². The summed E-state index contributed by atoms with van der Waals surface area (Å²) in [5.74, 6) is 2.86. The Morgan fingerprint density at radius 2 is 1.40 bits per heavy atom. The molecular formula is C44H44N4OPd. The molecule has 7 aromatic rings. The Hall–Kier alpha value is -4.50. The van der Waals surface area contributed by atoms with Crippen LogP contribution in [0.15, 0.2) is 91.1 Å². The van der Waals surface area contributed by atoms with Crippen molar-refractivity contribution in [2.24, 2.45) is 0 Å². The number of hydrogen-bond acceptors (Lipinski definition) is 3. The van der Waals surface area contributed by atoms with Crippen molar-refractivity contribution in [3.05, 3.63) is 131 Å². The van der Waals surface area contributed by atoms with E-state index in [4.69, 9.17) is 14.8 Å². The van der Waals surface area contributed by atoms with Crippen LogP contribution in [0.25, 0.3) is 44.4 Å². The molecule has 6 heteroatoms. The van der Waals surface area contributed by atoms with E-state index < -0.39 is 0 Å². The van der Waals surface area contributed by atoms with Gasteiger partial charge in [-0.15, -0.1) is 35.7 Å². The molecule has 0 amide bonds. The second-order valence-electron chi connectivity index (χ2n) is 14.7. The molecule has 4 aromatic carbocycles. The van der Waals surface area contributed by atoms with Gasteiger partial charge in [0.15, 0.2) is 0 Å². The van der Waals surface area contributed by atoms with Gasteiger partial charge in [-0.05, 0) is 82.6 Å². The van der Waals surface area contributed by atoms with Crippen molar-refractivity contribution >= 4 is 21.8 Å². The molecule has 0 spiro atoms. The number of benzene rings is 4. The van der Waals surface area contributed by atoms with Crippen molar-refractivity contribution in [2.75, 3.05) is 0 Å². The molecule has 0 unspecified atom stereocenters. The molecule has 0 bridgehead atoms. The number of hydrogen-bond donors (Lipinski definition) is 0. The summed E-state index contributed by atoms with van der Waals surface area (Å²) in [6.45, 7) is 20.0. The fraction of sp³-hybridized carbons (Fsp3) is 0.273. The molecule has 0 aliphatic carbocycles. The standard InChI is InChI=1S/C44H44N4O.Pd/c1-27(2)35-17-13-18-36(28(3)4)43(35)42-29(5)46-48(30(42)6)32-14-12-15-33(25-32)49-34-20-21-38-37-16-10-11-19-39(37)47(40(38)26-34)41-24-31(22-23-45-41)44(7,8)9;/h10-24,27-28H,1-9H3;/q-2;+2. The largest absolute Gasteiger partial charge is 2.00 e. The van der Waals surface area contributed by atoms with Crippen LogP contribution in [-0.4, -0.2) is 19.3 Å². The first-order valence-electron chi connectivity index (χ1n) is 17.2. The molecule has 0 saturated carbocycles. The third-order valence-corrected chi connectivity index (χ3v) is 9.51. The zero-order valence-corrected chi connectivity index (χ0v) is 31.9. The predicted molar refractivity (Wildman–Crippen MR) is 202 cm³/mol. The first kappa shape index (κ1) is 35.3. The van der Waals surface area contributed by atoms with Crippen molar-refractivity contribution in [2.45, 2.75) is 79.6 Å². The second-order valence-corrected chi connectivity index (χ2v) is 14.7. The minimum atomic E-state index is -0.00392.